The van der Waals surface area contributed by atoms with E-state index < -0.39 is 38.0 Å². The number of sulfone groups is 1. The van der Waals surface area contributed by atoms with Crippen LogP contribution in [-0.2, 0) is 16.0 Å². The van der Waals surface area contributed by atoms with Crippen LogP contribution in [-0.4, -0.2) is 19.2 Å². The fourth-order valence-corrected chi connectivity index (χ4v) is 3.55. The average Bonchev–Trinajstić information content (AvgIpc) is 2.93. The van der Waals surface area contributed by atoms with Crippen molar-refractivity contribution in [3.05, 3.63) is 70.2 Å². The number of oxazole rings is 1. The minimum Gasteiger partial charge on any atom is -0.415 e. The summed E-state index contributed by atoms with van der Waals surface area (Å²) in [7, 11) is -3.79. The van der Waals surface area contributed by atoms with Crippen molar-refractivity contribution in [1.29, 1.82) is 0 Å². The zero-order chi connectivity index (χ0) is 20.9. The second kappa shape index (κ2) is 6.62. The van der Waals surface area contributed by atoms with Gasteiger partial charge in [0.2, 0.25) is 0 Å². The molecular formula is C18H13F4NO4S. The molecule has 0 saturated heterocycles. The van der Waals surface area contributed by atoms with E-state index in [4.69, 9.17) is 4.42 Å². The molecule has 0 amide bonds. The standard InChI is InChI=1S/C18H13F4NO4S/c1-10-7-12(4-5-13(10)18(20,21)22)23-15(9-27-17(23)24)11-3-6-16(14(19)8-11)28(2,25)26/h3-9H,1-2H3. The Morgan fingerprint density at radius 3 is 2.29 bits per heavy atom. The lowest BCUT2D eigenvalue weighted by atomic mass is 10.1. The monoisotopic (exact) mass is 415 g/mol. The first-order chi connectivity index (χ1) is 12.9. The third-order valence-corrected chi connectivity index (χ3v) is 5.23. The molecule has 0 aliphatic carbocycles. The molecule has 0 N–H and O–H groups in total. The van der Waals surface area contributed by atoms with Crippen LogP contribution in [0.25, 0.3) is 16.9 Å². The second-order valence-electron chi connectivity index (χ2n) is 6.14. The van der Waals surface area contributed by atoms with E-state index in [1.54, 1.807) is 0 Å². The van der Waals surface area contributed by atoms with Gasteiger partial charge in [0.1, 0.15) is 17.0 Å². The largest absolute Gasteiger partial charge is 0.424 e. The third kappa shape index (κ3) is 3.59. The van der Waals surface area contributed by atoms with E-state index in [1.807, 2.05) is 0 Å². The SMILES string of the molecule is Cc1cc(-n2c(-c3ccc(S(C)(=O)=O)c(F)c3)coc2=O)ccc1C(F)(F)F. The Morgan fingerprint density at radius 1 is 1.07 bits per heavy atom. The van der Waals surface area contributed by atoms with Crippen LogP contribution < -0.4 is 5.76 Å². The summed E-state index contributed by atoms with van der Waals surface area (Å²) in [4.78, 5) is 11.6. The van der Waals surface area contributed by atoms with Gasteiger partial charge in [-0.1, -0.05) is 6.07 Å². The first-order valence-electron chi connectivity index (χ1n) is 7.78. The Bertz CT molecular complexity index is 1220. The maximum absolute atomic E-state index is 14.2. The van der Waals surface area contributed by atoms with Crippen molar-refractivity contribution in [3.63, 3.8) is 0 Å². The molecular weight excluding hydrogens is 402 g/mol. The zero-order valence-electron chi connectivity index (χ0n) is 14.5. The van der Waals surface area contributed by atoms with Crippen LogP contribution in [0.4, 0.5) is 17.6 Å². The quantitative estimate of drug-likeness (QED) is 0.607. The van der Waals surface area contributed by atoms with Crippen molar-refractivity contribution in [2.24, 2.45) is 0 Å². The number of hydrogen-bond acceptors (Lipinski definition) is 4. The Hall–Kier alpha value is -2.88. The van der Waals surface area contributed by atoms with Crippen LogP contribution in [0.2, 0.25) is 0 Å². The summed E-state index contributed by atoms with van der Waals surface area (Å²) in [6.45, 7) is 1.25. The van der Waals surface area contributed by atoms with Gasteiger partial charge in [-0.2, -0.15) is 13.2 Å². The van der Waals surface area contributed by atoms with Crippen LogP contribution in [0, 0.1) is 12.7 Å². The van der Waals surface area contributed by atoms with Crippen molar-refractivity contribution in [1.82, 2.24) is 4.57 Å². The van der Waals surface area contributed by atoms with E-state index in [2.05, 4.69) is 0 Å². The molecule has 0 aliphatic heterocycles. The van der Waals surface area contributed by atoms with Crippen LogP contribution >= 0.6 is 0 Å². The van der Waals surface area contributed by atoms with Gasteiger partial charge in [-0.15, -0.1) is 0 Å². The predicted octanol–water partition coefficient (Wildman–Crippen LogP) is 3.97. The summed E-state index contributed by atoms with van der Waals surface area (Å²) in [5, 5.41) is 0. The molecule has 3 aromatic rings. The molecule has 1 aromatic heterocycles. The lowest BCUT2D eigenvalue weighted by Gasteiger charge is -2.13. The molecule has 0 radical (unpaired) electrons. The summed E-state index contributed by atoms with van der Waals surface area (Å²) in [6.07, 6.45) is -2.68. The zero-order valence-corrected chi connectivity index (χ0v) is 15.4. The van der Waals surface area contributed by atoms with Crippen molar-refractivity contribution >= 4 is 9.84 Å². The van der Waals surface area contributed by atoms with E-state index in [0.717, 1.165) is 47.4 Å². The summed E-state index contributed by atoms with van der Waals surface area (Å²) in [6, 6.07) is 6.31. The van der Waals surface area contributed by atoms with Crippen molar-refractivity contribution in [3.8, 4) is 16.9 Å². The molecule has 2 aromatic carbocycles. The summed E-state index contributed by atoms with van der Waals surface area (Å²) < 4.78 is 81.9. The molecule has 1 heterocycles. The van der Waals surface area contributed by atoms with Gasteiger partial charge in [-0.25, -0.2) is 22.2 Å². The molecule has 0 atom stereocenters. The van der Waals surface area contributed by atoms with Crippen LogP contribution in [0.3, 0.4) is 0 Å². The summed E-state index contributed by atoms with van der Waals surface area (Å²) >= 11 is 0. The maximum Gasteiger partial charge on any atom is 0.424 e. The van der Waals surface area contributed by atoms with Crippen LogP contribution in [0.15, 0.2) is 56.8 Å². The highest BCUT2D eigenvalue weighted by Crippen LogP contribution is 2.33. The van der Waals surface area contributed by atoms with E-state index >= 15 is 0 Å². The molecule has 28 heavy (non-hydrogen) atoms. The fraction of sp³-hybridized carbons (Fsp3) is 0.167. The van der Waals surface area contributed by atoms with Gasteiger partial charge in [0.05, 0.1) is 16.9 Å². The Balaban J connectivity index is 2.16. The van der Waals surface area contributed by atoms with Crippen molar-refractivity contribution < 1.29 is 30.4 Å². The van der Waals surface area contributed by atoms with Gasteiger partial charge < -0.3 is 4.42 Å². The second-order valence-corrected chi connectivity index (χ2v) is 8.12. The fourth-order valence-electron chi connectivity index (χ4n) is 2.82. The highest BCUT2D eigenvalue weighted by Gasteiger charge is 2.32. The normalized spacial score (nSPS) is 12.4. The number of halogens is 4. The number of nitrogens with zero attached hydrogens (tertiary/aromatic N) is 1. The lowest BCUT2D eigenvalue weighted by Crippen LogP contribution is -2.15. The van der Waals surface area contributed by atoms with Crippen LogP contribution in [0.5, 0.6) is 0 Å². The average molecular weight is 415 g/mol. The first kappa shape index (κ1) is 19.9. The van der Waals surface area contributed by atoms with Gasteiger partial charge >= 0.3 is 11.9 Å². The molecule has 5 nitrogen and oxygen atoms in total. The molecule has 148 valence electrons. The smallest absolute Gasteiger partial charge is 0.415 e. The maximum atomic E-state index is 14.2. The molecule has 0 unspecified atom stereocenters. The molecule has 0 fully saturated rings. The van der Waals surface area contributed by atoms with E-state index in [-0.39, 0.29) is 22.5 Å². The minimum absolute atomic E-state index is 0.0584. The highest BCUT2D eigenvalue weighted by atomic mass is 32.2. The molecule has 3 rings (SSSR count). The number of aryl methyl sites for hydroxylation is 1. The van der Waals surface area contributed by atoms with Crippen molar-refractivity contribution in [2.75, 3.05) is 6.26 Å². The number of benzene rings is 2. The van der Waals surface area contributed by atoms with E-state index in [1.165, 1.54) is 13.0 Å². The van der Waals surface area contributed by atoms with Gasteiger partial charge in [0.15, 0.2) is 9.84 Å². The number of aromatic nitrogens is 1. The Labute approximate surface area is 156 Å². The molecule has 0 bridgehead atoms. The molecule has 0 saturated carbocycles. The van der Waals surface area contributed by atoms with Crippen molar-refractivity contribution in [2.45, 2.75) is 18.0 Å². The Morgan fingerprint density at radius 2 is 1.75 bits per heavy atom. The minimum atomic E-state index is -4.54. The molecule has 0 spiro atoms. The van der Waals surface area contributed by atoms with E-state index in [0.29, 0.717) is 0 Å². The predicted molar refractivity (Wildman–Crippen MR) is 92.5 cm³/mol. The number of alkyl halides is 3. The lowest BCUT2D eigenvalue weighted by molar-refractivity contribution is -0.138. The summed E-state index contributed by atoms with van der Waals surface area (Å²) in [5.41, 5.74) is -0.691. The number of rotatable bonds is 3. The van der Waals surface area contributed by atoms with E-state index in [9.17, 15) is 30.8 Å². The Kier molecular flexibility index (Phi) is 4.70. The third-order valence-electron chi connectivity index (χ3n) is 4.10. The summed E-state index contributed by atoms with van der Waals surface area (Å²) in [5.74, 6) is -1.91. The topological polar surface area (TPSA) is 69.3 Å². The van der Waals surface area contributed by atoms with Gasteiger partial charge in [-0.3, -0.25) is 0 Å². The first-order valence-corrected chi connectivity index (χ1v) is 9.67. The van der Waals surface area contributed by atoms with Crippen LogP contribution in [0.1, 0.15) is 11.1 Å². The molecule has 0 aliphatic rings. The van der Waals surface area contributed by atoms with Gasteiger partial charge in [-0.05, 0) is 42.8 Å². The molecule has 10 heteroatoms. The van der Waals surface area contributed by atoms with Gasteiger partial charge in [0, 0.05) is 11.8 Å². The van der Waals surface area contributed by atoms with Gasteiger partial charge in [0.25, 0.3) is 0 Å². The number of hydrogen-bond donors (Lipinski definition) is 0. The highest BCUT2D eigenvalue weighted by molar-refractivity contribution is 7.90.